The molecule has 3 heteroatoms. The quantitative estimate of drug-likeness (QED) is 0.633. The number of rotatable bonds is 1. The minimum Gasteiger partial charge on any atom is -0.297 e. The summed E-state index contributed by atoms with van der Waals surface area (Å²) < 4.78 is 15.4. The molecule has 90 valence electrons. The van der Waals surface area contributed by atoms with Crippen molar-refractivity contribution in [1.29, 1.82) is 0 Å². The Morgan fingerprint density at radius 1 is 1.06 bits per heavy atom. The average molecular weight is 240 g/mol. The van der Waals surface area contributed by atoms with E-state index in [1.54, 1.807) is 12.1 Å². The molecule has 2 nitrogen and oxygen atoms in total. The number of hydrogen-bond acceptors (Lipinski definition) is 1. The summed E-state index contributed by atoms with van der Waals surface area (Å²) >= 11 is 0. The van der Waals surface area contributed by atoms with E-state index in [0.717, 1.165) is 28.3 Å². The molecule has 0 unspecified atom stereocenters. The van der Waals surface area contributed by atoms with Crippen LogP contribution in [-0.2, 0) is 0 Å². The zero-order valence-corrected chi connectivity index (χ0v) is 10.3. The average Bonchev–Trinajstić information content (AvgIpc) is 2.67. The molecule has 0 aliphatic rings. The predicted octanol–water partition coefficient (Wildman–Crippen LogP) is 3.76. The van der Waals surface area contributed by atoms with Gasteiger partial charge in [-0.2, -0.15) is 0 Å². The molecule has 0 N–H and O–H groups in total. The van der Waals surface area contributed by atoms with Gasteiger partial charge in [0.2, 0.25) is 0 Å². The predicted molar refractivity (Wildman–Crippen MR) is 70.1 cm³/mol. The third kappa shape index (κ3) is 1.59. The van der Waals surface area contributed by atoms with Gasteiger partial charge in [-0.3, -0.25) is 4.40 Å². The number of fused-ring (bicyclic) bond motifs is 1. The summed E-state index contributed by atoms with van der Waals surface area (Å²) in [6, 6.07) is 12.6. The number of aryl methyl sites for hydroxylation is 2. The smallest absolute Gasteiger partial charge is 0.137 e. The molecule has 18 heavy (non-hydrogen) atoms. The number of imidazole rings is 1. The highest BCUT2D eigenvalue weighted by molar-refractivity contribution is 5.67. The third-order valence-electron chi connectivity index (χ3n) is 3.11. The van der Waals surface area contributed by atoms with Gasteiger partial charge in [-0.05, 0) is 38.1 Å². The number of nitrogens with zero attached hydrogens (tertiary/aromatic N) is 2. The lowest BCUT2D eigenvalue weighted by molar-refractivity contribution is 0.628. The molecule has 2 aromatic heterocycles. The van der Waals surface area contributed by atoms with Crippen molar-refractivity contribution >= 4 is 5.65 Å². The van der Waals surface area contributed by atoms with Crippen molar-refractivity contribution in [2.45, 2.75) is 13.8 Å². The lowest BCUT2D eigenvalue weighted by atomic mass is 10.1. The molecule has 2 heterocycles. The van der Waals surface area contributed by atoms with E-state index in [4.69, 9.17) is 0 Å². The summed E-state index contributed by atoms with van der Waals surface area (Å²) in [5.74, 6) is -0.226. The SMILES string of the molecule is Cc1nc2cccc(C)n2c1-c1cccc(F)c1. The van der Waals surface area contributed by atoms with Crippen molar-refractivity contribution in [3.63, 3.8) is 0 Å². The molecule has 3 aromatic rings. The van der Waals surface area contributed by atoms with E-state index in [1.807, 2.05) is 38.1 Å². The largest absolute Gasteiger partial charge is 0.297 e. The molecule has 0 aliphatic heterocycles. The van der Waals surface area contributed by atoms with Gasteiger partial charge in [-0.25, -0.2) is 9.37 Å². The summed E-state index contributed by atoms with van der Waals surface area (Å²) in [4.78, 5) is 4.52. The molecular weight excluding hydrogens is 227 g/mol. The summed E-state index contributed by atoms with van der Waals surface area (Å²) in [6.07, 6.45) is 0. The highest BCUT2D eigenvalue weighted by Gasteiger charge is 2.12. The fraction of sp³-hybridized carbons (Fsp3) is 0.133. The second-order valence-corrected chi connectivity index (χ2v) is 4.42. The first-order valence-electron chi connectivity index (χ1n) is 5.87. The zero-order valence-electron chi connectivity index (χ0n) is 10.3. The van der Waals surface area contributed by atoms with E-state index >= 15 is 0 Å². The molecule has 0 saturated heterocycles. The molecule has 1 aromatic carbocycles. The molecule has 0 bridgehead atoms. The molecule has 0 fully saturated rings. The van der Waals surface area contributed by atoms with Crippen LogP contribution in [0.4, 0.5) is 4.39 Å². The van der Waals surface area contributed by atoms with Gasteiger partial charge in [0.15, 0.2) is 0 Å². The van der Waals surface area contributed by atoms with E-state index < -0.39 is 0 Å². The summed E-state index contributed by atoms with van der Waals surface area (Å²) in [7, 11) is 0. The highest BCUT2D eigenvalue weighted by atomic mass is 19.1. The second-order valence-electron chi connectivity index (χ2n) is 4.42. The van der Waals surface area contributed by atoms with Gasteiger partial charge < -0.3 is 0 Å². The molecule has 0 aliphatic carbocycles. The lowest BCUT2D eigenvalue weighted by Crippen LogP contribution is -1.94. The summed E-state index contributed by atoms with van der Waals surface area (Å²) in [6.45, 7) is 3.98. The van der Waals surface area contributed by atoms with Gasteiger partial charge >= 0.3 is 0 Å². The van der Waals surface area contributed by atoms with Crippen LogP contribution in [0.15, 0.2) is 42.5 Å². The first-order valence-corrected chi connectivity index (χ1v) is 5.87. The Hall–Kier alpha value is -2.16. The highest BCUT2D eigenvalue weighted by Crippen LogP contribution is 2.26. The zero-order chi connectivity index (χ0) is 12.7. The minimum atomic E-state index is -0.226. The van der Waals surface area contributed by atoms with Gasteiger partial charge in [0.1, 0.15) is 11.5 Å². The van der Waals surface area contributed by atoms with Crippen molar-refractivity contribution < 1.29 is 4.39 Å². The standard InChI is InChI=1S/C15H13FN2/c1-10-5-3-8-14-17-11(2)15(18(10)14)12-6-4-7-13(16)9-12/h3-9H,1-2H3. The molecule has 0 spiro atoms. The van der Waals surface area contributed by atoms with Crippen LogP contribution in [0.2, 0.25) is 0 Å². The number of benzene rings is 1. The number of halogens is 1. The maximum Gasteiger partial charge on any atom is 0.137 e. The molecule has 0 amide bonds. The van der Waals surface area contributed by atoms with E-state index in [0.29, 0.717) is 0 Å². The monoisotopic (exact) mass is 240 g/mol. The topological polar surface area (TPSA) is 17.3 Å². The van der Waals surface area contributed by atoms with Crippen molar-refractivity contribution in [1.82, 2.24) is 9.38 Å². The second kappa shape index (κ2) is 3.95. The number of hydrogen-bond donors (Lipinski definition) is 0. The van der Waals surface area contributed by atoms with Gasteiger partial charge in [-0.1, -0.05) is 18.2 Å². The van der Waals surface area contributed by atoms with E-state index in [1.165, 1.54) is 6.07 Å². The molecule has 3 rings (SSSR count). The van der Waals surface area contributed by atoms with Crippen LogP contribution in [0.1, 0.15) is 11.4 Å². The first-order chi connectivity index (χ1) is 8.66. The maximum atomic E-state index is 13.4. The lowest BCUT2D eigenvalue weighted by Gasteiger charge is -2.06. The summed E-state index contributed by atoms with van der Waals surface area (Å²) in [5.41, 5.74) is 4.71. The molecule has 0 saturated carbocycles. The van der Waals surface area contributed by atoms with E-state index in [9.17, 15) is 4.39 Å². The van der Waals surface area contributed by atoms with Crippen LogP contribution < -0.4 is 0 Å². The number of aromatic nitrogens is 2. The van der Waals surface area contributed by atoms with Crippen molar-refractivity contribution in [2.75, 3.05) is 0 Å². The van der Waals surface area contributed by atoms with Crippen molar-refractivity contribution in [3.8, 4) is 11.3 Å². The van der Waals surface area contributed by atoms with E-state index in [-0.39, 0.29) is 5.82 Å². The number of pyridine rings is 1. The Morgan fingerprint density at radius 3 is 2.61 bits per heavy atom. The minimum absolute atomic E-state index is 0.226. The van der Waals surface area contributed by atoms with Crippen LogP contribution in [0.25, 0.3) is 16.9 Å². The first kappa shape index (κ1) is 11.0. The Morgan fingerprint density at radius 2 is 1.83 bits per heavy atom. The van der Waals surface area contributed by atoms with Gasteiger partial charge in [-0.15, -0.1) is 0 Å². The Bertz CT molecular complexity index is 728. The fourth-order valence-electron chi connectivity index (χ4n) is 2.34. The van der Waals surface area contributed by atoms with Crippen molar-refractivity contribution in [2.24, 2.45) is 0 Å². The molecule has 0 atom stereocenters. The van der Waals surface area contributed by atoms with Crippen LogP contribution in [-0.4, -0.2) is 9.38 Å². The molecule has 0 radical (unpaired) electrons. The summed E-state index contributed by atoms with van der Waals surface area (Å²) in [5, 5.41) is 0. The van der Waals surface area contributed by atoms with Gasteiger partial charge in [0.25, 0.3) is 0 Å². The Balaban J connectivity index is 2.38. The van der Waals surface area contributed by atoms with Crippen LogP contribution >= 0.6 is 0 Å². The van der Waals surface area contributed by atoms with Crippen LogP contribution in [0, 0.1) is 19.7 Å². The van der Waals surface area contributed by atoms with Crippen LogP contribution in [0.5, 0.6) is 0 Å². The van der Waals surface area contributed by atoms with Gasteiger partial charge in [0.05, 0.1) is 11.4 Å². The fourth-order valence-corrected chi connectivity index (χ4v) is 2.34. The van der Waals surface area contributed by atoms with Crippen LogP contribution in [0.3, 0.4) is 0 Å². The van der Waals surface area contributed by atoms with Crippen molar-refractivity contribution in [3.05, 3.63) is 59.7 Å². The third-order valence-corrected chi connectivity index (χ3v) is 3.11. The van der Waals surface area contributed by atoms with Gasteiger partial charge in [0, 0.05) is 11.3 Å². The molecular formula is C15H13FN2. The Kier molecular flexibility index (Phi) is 2.40. The maximum absolute atomic E-state index is 13.4. The normalized spacial score (nSPS) is 11.1. The Labute approximate surface area is 105 Å². The van der Waals surface area contributed by atoms with E-state index in [2.05, 4.69) is 9.38 Å².